The van der Waals surface area contributed by atoms with Crippen LogP contribution in [0.2, 0.25) is 0 Å². The summed E-state index contributed by atoms with van der Waals surface area (Å²) >= 11 is 0. The molecule has 1 aromatic carbocycles. The van der Waals surface area contributed by atoms with E-state index in [9.17, 15) is 9.59 Å². The number of carbonyl (C=O) groups excluding carboxylic acids is 2. The third-order valence-electron chi connectivity index (χ3n) is 7.42. The highest BCUT2D eigenvalue weighted by atomic mass is 16.5. The van der Waals surface area contributed by atoms with Crippen molar-refractivity contribution in [1.29, 1.82) is 0 Å². The summed E-state index contributed by atoms with van der Waals surface area (Å²) in [5.41, 5.74) is 3.36. The summed E-state index contributed by atoms with van der Waals surface area (Å²) < 4.78 is 12.9. The highest BCUT2D eigenvalue weighted by Crippen LogP contribution is 2.50. The predicted octanol–water partition coefficient (Wildman–Crippen LogP) is 3.67. The van der Waals surface area contributed by atoms with Crippen molar-refractivity contribution >= 4 is 11.9 Å². The minimum Gasteiger partial charge on any atom is -0.461 e. The van der Waals surface area contributed by atoms with Gasteiger partial charge < -0.3 is 14.4 Å². The third-order valence-corrected chi connectivity index (χ3v) is 7.42. The minimum atomic E-state index is -0.351. The molecule has 1 amide bonds. The Morgan fingerprint density at radius 1 is 1.19 bits per heavy atom. The molecule has 1 aromatic heterocycles. The summed E-state index contributed by atoms with van der Waals surface area (Å²) in [7, 11) is 0. The van der Waals surface area contributed by atoms with Crippen LogP contribution in [0.1, 0.15) is 72.3 Å². The molecule has 0 N–H and O–H groups in total. The second-order valence-corrected chi connectivity index (χ2v) is 9.22. The van der Waals surface area contributed by atoms with Gasteiger partial charge in [0.15, 0.2) is 5.69 Å². The molecule has 1 aliphatic carbocycles. The van der Waals surface area contributed by atoms with Gasteiger partial charge in [-0.25, -0.2) is 4.79 Å². The smallest absolute Gasteiger partial charge is 0.359 e. The molecular formula is C25H31N3O4. The van der Waals surface area contributed by atoms with Crippen molar-refractivity contribution in [2.24, 2.45) is 5.41 Å². The Bertz CT molecular complexity index is 992. The standard InChI is InChI=1S/C25H31N3O4/c1-2-32-23(29)22-21(20-17-31-15-14-28(20)26-22)19-8-10-25(11-9-19)12-13-27(24(25)30)16-18-6-4-3-5-7-18/h3-7,19H,2,8-17H2,1H3. The van der Waals surface area contributed by atoms with E-state index in [0.717, 1.165) is 49.9 Å². The normalized spacial score (nSPS) is 25.2. The van der Waals surface area contributed by atoms with Crippen molar-refractivity contribution in [3.05, 3.63) is 52.8 Å². The maximum Gasteiger partial charge on any atom is 0.359 e. The van der Waals surface area contributed by atoms with Gasteiger partial charge in [-0.2, -0.15) is 5.10 Å². The first-order chi connectivity index (χ1) is 15.6. The van der Waals surface area contributed by atoms with Gasteiger partial charge in [-0.15, -0.1) is 0 Å². The van der Waals surface area contributed by atoms with E-state index in [0.29, 0.717) is 44.5 Å². The lowest BCUT2D eigenvalue weighted by molar-refractivity contribution is -0.138. The van der Waals surface area contributed by atoms with Crippen LogP contribution >= 0.6 is 0 Å². The Morgan fingerprint density at radius 2 is 1.97 bits per heavy atom. The lowest BCUT2D eigenvalue weighted by Crippen LogP contribution is -2.37. The van der Waals surface area contributed by atoms with Crippen LogP contribution in [-0.2, 0) is 34.0 Å². The molecule has 1 saturated heterocycles. The highest BCUT2D eigenvalue weighted by Gasteiger charge is 2.49. The van der Waals surface area contributed by atoms with Crippen LogP contribution in [0.4, 0.5) is 0 Å². The number of fused-ring (bicyclic) bond motifs is 1. The molecule has 0 atom stereocenters. The molecule has 0 unspecified atom stereocenters. The van der Waals surface area contributed by atoms with Crippen molar-refractivity contribution in [3.63, 3.8) is 0 Å². The van der Waals surface area contributed by atoms with Crippen molar-refractivity contribution in [3.8, 4) is 0 Å². The SMILES string of the molecule is CCOC(=O)c1nn2c(c1C1CCC3(CC1)CCN(Cc1ccccc1)C3=O)COCC2. The van der Waals surface area contributed by atoms with Crippen LogP contribution in [0.5, 0.6) is 0 Å². The number of esters is 1. The summed E-state index contributed by atoms with van der Waals surface area (Å²) in [6.07, 6.45) is 4.41. The van der Waals surface area contributed by atoms with Gasteiger partial charge in [0.05, 0.1) is 37.5 Å². The van der Waals surface area contributed by atoms with Crippen molar-refractivity contribution in [2.75, 3.05) is 19.8 Å². The number of likely N-dealkylation sites (tertiary alicyclic amines) is 1. The van der Waals surface area contributed by atoms with Crippen LogP contribution in [0, 0.1) is 5.41 Å². The summed E-state index contributed by atoms with van der Waals surface area (Å²) in [6.45, 7) is 5.40. The van der Waals surface area contributed by atoms with Gasteiger partial charge in [-0.3, -0.25) is 9.48 Å². The summed E-state index contributed by atoms with van der Waals surface area (Å²) in [6, 6.07) is 10.2. The third kappa shape index (κ3) is 3.72. The molecule has 170 valence electrons. The first-order valence-electron chi connectivity index (χ1n) is 11.8. The number of hydrogen-bond acceptors (Lipinski definition) is 5. The maximum absolute atomic E-state index is 13.4. The molecule has 1 saturated carbocycles. The minimum absolute atomic E-state index is 0.210. The zero-order valence-electron chi connectivity index (χ0n) is 18.7. The molecule has 0 bridgehead atoms. The Morgan fingerprint density at radius 3 is 2.72 bits per heavy atom. The Balaban J connectivity index is 1.32. The fraction of sp³-hybridized carbons (Fsp3) is 0.560. The summed E-state index contributed by atoms with van der Waals surface area (Å²) in [4.78, 5) is 28.1. The molecule has 1 spiro atoms. The Kier molecular flexibility index (Phi) is 5.76. The number of aromatic nitrogens is 2. The molecule has 32 heavy (non-hydrogen) atoms. The number of ether oxygens (including phenoxy) is 2. The van der Waals surface area contributed by atoms with Crippen molar-refractivity contribution in [1.82, 2.24) is 14.7 Å². The summed E-state index contributed by atoms with van der Waals surface area (Å²) in [5, 5.41) is 4.59. The van der Waals surface area contributed by atoms with Gasteiger partial charge in [0.1, 0.15) is 0 Å². The first-order valence-corrected chi connectivity index (χ1v) is 11.8. The van der Waals surface area contributed by atoms with Crippen LogP contribution in [-0.4, -0.2) is 46.3 Å². The second kappa shape index (κ2) is 8.70. The summed E-state index contributed by atoms with van der Waals surface area (Å²) in [5.74, 6) is 0.155. The average Bonchev–Trinajstić information content (AvgIpc) is 3.35. The molecular weight excluding hydrogens is 406 g/mol. The van der Waals surface area contributed by atoms with Crippen LogP contribution in [0.15, 0.2) is 30.3 Å². The van der Waals surface area contributed by atoms with E-state index in [4.69, 9.17) is 9.47 Å². The van der Waals surface area contributed by atoms with Crippen molar-refractivity contribution < 1.29 is 19.1 Å². The first kappa shape index (κ1) is 21.2. The number of nitrogens with zero attached hydrogens (tertiary/aromatic N) is 3. The Hall–Kier alpha value is -2.67. The number of hydrogen-bond donors (Lipinski definition) is 0. The molecule has 2 fully saturated rings. The van der Waals surface area contributed by atoms with E-state index in [1.807, 2.05) is 34.7 Å². The van der Waals surface area contributed by atoms with E-state index in [1.54, 1.807) is 0 Å². The number of amides is 1. The number of benzene rings is 1. The van der Waals surface area contributed by atoms with Crippen LogP contribution < -0.4 is 0 Å². The highest BCUT2D eigenvalue weighted by molar-refractivity contribution is 5.89. The molecule has 2 aromatic rings. The quantitative estimate of drug-likeness (QED) is 0.668. The Labute approximate surface area is 188 Å². The van der Waals surface area contributed by atoms with Crippen LogP contribution in [0.25, 0.3) is 0 Å². The molecule has 7 nitrogen and oxygen atoms in total. The molecule has 2 aliphatic heterocycles. The van der Waals surface area contributed by atoms with Crippen molar-refractivity contribution in [2.45, 2.75) is 64.6 Å². The van der Waals surface area contributed by atoms with E-state index in [2.05, 4.69) is 17.2 Å². The lowest BCUT2D eigenvalue weighted by atomic mass is 9.67. The van der Waals surface area contributed by atoms with E-state index < -0.39 is 0 Å². The fourth-order valence-corrected chi connectivity index (χ4v) is 5.72. The zero-order chi connectivity index (χ0) is 22.1. The van der Waals surface area contributed by atoms with Gasteiger partial charge in [-0.05, 0) is 50.5 Å². The van der Waals surface area contributed by atoms with E-state index >= 15 is 0 Å². The molecule has 7 heteroatoms. The maximum atomic E-state index is 13.4. The topological polar surface area (TPSA) is 73.7 Å². The van der Waals surface area contributed by atoms with Gasteiger partial charge in [0, 0.05) is 18.7 Å². The van der Waals surface area contributed by atoms with Gasteiger partial charge in [0.25, 0.3) is 0 Å². The molecule has 3 aliphatic rings. The molecule has 3 heterocycles. The average molecular weight is 438 g/mol. The monoisotopic (exact) mass is 437 g/mol. The van der Waals surface area contributed by atoms with Gasteiger partial charge in [0.2, 0.25) is 5.91 Å². The van der Waals surface area contributed by atoms with Crippen LogP contribution in [0.3, 0.4) is 0 Å². The van der Waals surface area contributed by atoms with Gasteiger partial charge >= 0.3 is 5.97 Å². The lowest BCUT2D eigenvalue weighted by Gasteiger charge is -2.36. The number of rotatable bonds is 5. The fourth-order valence-electron chi connectivity index (χ4n) is 5.72. The van der Waals surface area contributed by atoms with E-state index in [-0.39, 0.29) is 17.3 Å². The van der Waals surface area contributed by atoms with E-state index in [1.165, 1.54) is 5.56 Å². The second-order valence-electron chi connectivity index (χ2n) is 9.22. The predicted molar refractivity (Wildman–Crippen MR) is 118 cm³/mol. The molecule has 5 rings (SSSR count). The number of carbonyl (C=O) groups is 2. The van der Waals surface area contributed by atoms with Gasteiger partial charge in [-0.1, -0.05) is 30.3 Å². The molecule has 0 radical (unpaired) electrons. The largest absolute Gasteiger partial charge is 0.461 e. The zero-order valence-corrected chi connectivity index (χ0v) is 18.7.